The molecule has 0 N–H and O–H groups in total. The second-order valence-corrected chi connectivity index (χ2v) is 6.16. The molecule has 0 bridgehead atoms. The van der Waals surface area contributed by atoms with Crippen molar-refractivity contribution < 1.29 is 9.15 Å². The summed E-state index contributed by atoms with van der Waals surface area (Å²) in [6.45, 7) is 0.110. The van der Waals surface area contributed by atoms with Crippen molar-refractivity contribution in [3.05, 3.63) is 68.2 Å². The van der Waals surface area contributed by atoms with Crippen LogP contribution in [-0.4, -0.2) is 26.9 Å². The molecule has 4 aromatic rings. The van der Waals surface area contributed by atoms with Gasteiger partial charge in [-0.05, 0) is 45.6 Å². The molecule has 25 heavy (non-hydrogen) atoms. The number of hydrogen-bond donors (Lipinski definition) is 0. The van der Waals surface area contributed by atoms with Crippen LogP contribution in [0.5, 0.6) is 5.75 Å². The molecule has 0 saturated heterocycles. The van der Waals surface area contributed by atoms with Gasteiger partial charge in [0, 0.05) is 17.5 Å². The zero-order valence-electron chi connectivity index (χ0n) is 13.1. The van der Waals surface area contributed by atoms with E-state index in [4.69, 9.17) is 9.15 Å². The molecule has 1 aromatic carbocycles. The van der Waals surface area contributed by atoms with Crippen LogP contribution in [0.3, 0.4) is 0 Å². The van der Waals surface area contributed by atoms with Gasteiger partial charge < -0.3 is 9.15 Å². The van der Waals surface area contributed by atoms with Gasteiger partial charge in [-0.1, -0.05) is 0 Å². The Bertz CT molecular complexity index is 1160. The minimum atomic E-state index is -0.505. The fourth-order valence-corrected chi connectivity index (χ4v) is 3.20. The van der Waals surface area contributed by atoms with Gasteiger partial charge in [0.2, 0.25) is 0 Å². The van der Waals surface area contributed by atoms with E-state index >= 15 is 0 Å². The summed E-state index contributed by atoms with van der Waals surface area (Å²) in [5.74, 6) is 0.577. The van der Waals surface area contributed by atoms with E-state index in [1.54, 1.807) is 24.3 Å². The highest BCUT2D eigenvalue weighted by atomic mass is 32.1. The molecule has 4 rings (SSSR count). The number of methoxy groups -OCH3 is 1. The van der Waals surface area contributed by atoms with E-state index in [2.05, 4.69) is 10.4 Å². The molecule has 0 radical (unpaired) electrons. The van der Waals surface area contributed by atoms with Crippen LogP contribution in [0.25, 0.3) is 16.0 Å². The van der Waals surface area contributed by atoms with Crippen molar-refractivity contribution in [3.8, 4) is 10.8 Å². The van der Waals surface area contributed by atoms with Crippen molar-refractivity contribution in [2.24, 2.45) is 0 Å². The van der Waals surface area contributed by atoms with Crippen LogP contribution in [0.1, 0.15) is 5.56 Å². The Balaban J connectivity index is 1.79. The second kappa shape index (κ2) is 6.02. The van der Waals surface area contributed by atoms with Gasteiger partial charge in [0.1, 0.15) is 16.3 Å². The lowest BCUT2D eigenvalue weighted by atomic mass is 10.1. The van der Waals surface area contributed by atoms with Crippen molar-refractivity contribution in [1.82, 2.24) is 19.8 Å². The quantitative estimate of drug-likeness (QED) is 0.516. The summed E-state index contributed by atoms with van der Waals surface area (Å²) < 4.78 is 12.8. The maximum absolute atomic E-state index is 12.5. The Kier molecular flexibility index (Phi) is 3.69. The highest BCUT2D eigenvalue weighted by Gasteiger charge is 2.13. The lowest BCUT2D eigenvalue weighted by molar-refractivity contribution is 0.414. The summed E-state index contributed by atoms with van der Waals surface area (Å²) in [6, 6.07) is 10.1. The first-order valence-corrected chi connectivity index (χ1v) is 8.21. The molecule has 0 atom stereocenters. The molecule has 0 aliphatic carbocycles. The van der Waals surface area contributed by atoms with Crippen molar-refractivity contribution in [1.29, 1.82) is 0 Å². The van der Waals surface area contributed by atoms with Gasteiger partial charge in [0.05, 0.1) is 13.7 Å². The molecule has 126 valence electrons. The Labute approximate surface area is 144 Å². The monoisotopic (exact) mass is 356 g/mol. The smallest absolute Gasteiger partial charge is 0.369 e. The molecule has 8 nitrogen and oxygen atoms in total. The van der Waals surface area contributed by atoms with Crippen molar-refractivity contribution in [2.75, 3.05) is 7.11 Å². The van der Waals surface area contributed by atoms with E-state index in [-0.39, 0.29) is 12.2 Å². The maximum Gasteiger partial charge on any atom is 0.369 e. The number of fused-ring (bicyclic) bond motifs is 1. The van der Waals surface area contributed by atoms with Crippen LogP contribution in [0, 0.1) is 0 Å². The van der Waals surface area contributed by atoms with Crippen molar-refractivity contribution in [3.63, 3.8) is 0 Å². The van der Waals surface area contributed by atoms with Gasteiger partial charge in [0.15, 0.2) is 0 Å². The summed E-state index contributed by atoms with van der Waals surface area (Å²) >= 11 is 1.39. The Morgan fingerprint density at radius 2 is 2.08 bits per heavy atom. The van der Waals surface area contributed by atoms with Crippen LogP contribution in [-0.2, 0) is 6.54 Å². The number of thiophene rings is 1. The highest BCUT2D eigenvalue weighted by molar-refractivity contribution is 7.12. The average molecular weight is 356 g/mol. The molecule has 0 spiro atoms. The van der Waals surface area contributed by atoms with Crippen molar-refractivity contribution in [2.45, 2.75) is 6.54 Å². The summed E-state index contributed by atoms with van der Waals surface area (Å²) in [4.78, 5) is 24.3. The van der Waals surface area contributed by atoms with Crippen molar-refractivity contribution >= 4 is 22.3 Å². The van der Waals surface area contributed by atoms with Gasteiger partial charge >= 0.3 is 11.3 Å². The molecule has 3 heterocycles. The minimum absolute atomic E-state index is 0.110. The fraction of sp³-hybridized carbons (Fsp3) is 0.125. The Morgan fingerprint density at radius 1 is 1.20 bits per heavy atom. The number of aromatic nitrogens is 4. The minimum Gasteiger partial charge on any atom is -0.497 e. The molecule has 0 amide bonds. The third-order valence-electron chi connectivity index (χ3n) is 3.71. The number of rotatable bonds is 4. The standard InChI is InChI=1S/C16H12N4O4S/c1-23-11-4-5-12-10(7-15(21)24-13(12)8-11)9-19-16(22)20(18-17-19)14-3-2-6-25-14/h2-8H,9H2,1H3. The first-order chi connectivity index (χ1) is 12.2. The molecule has 0 saturated carbocycles. The molecule has 0 unspecified atom stereocenters. The predicted molar refractivity (Wildman–Crippen MR) is 91.6 cm³/mol. The van der Waals surface area contributed by atoms with Crippen LogP contribution >= 0.6 is 11.3 Å². The van der Waals surface area contributed by atoms with Crippen LogP contribution in [0.2, 0.25) is 0 Å². The molecule has 0 aliphatic rings. The number of tetrazole rings is 1. The van der Waals surface area contributed by atoms with Crippen LogP contribution in [0.15, 0.2) is 55.8 Å². The molecule has 0 aliphatic heterocycles. The molecule has 0 fully saturated rings. The Morgan fingerprint density at radius 3 is 2.84 bits per heavy atom. The molecule has 3 aromatic heterocycles. The van der Waals surface area contributed by atoms with Crippen LogP contribution < -0.4 is 16.1 Å². The summed E-state index contributed by atoms with van der Waals surface area (Å²) in [6.07, 6.45) is 0. The lowest BCUT2D eigenvalue weighted by Gasteiger charge is -2.06. The van der Waals surface area contributed by atoms with Gasteiger partial charge in [-0.3, -0.25) is 0 Å². The van der Waals surface area contributed by atoms with E-state index in [9.17, 15) is 9.59 Å². The molecular weight excluding hydrogens is 344 g/mol. The number of nitrogens with zero attached hydrogens (tertiary/aromatic N) is 4. The second-order valence-electron chi connectivity index (χ2n) is 5.23. The summed E-state index contributed by atoms with van der Waals surface area (Å²) in [5.41, 5.74) is 0.126. The third-order valence-corrected chi connectivity index (χ3v) is 4.56. The first-order valence-electron chi connectivity index (χ1n) is 7.33. The average Bonchev–Trinajstić information content (AvgIpc) is 3.24. The number of hydrogen-bond acceptors (Lipinski definition) is 7. The fourth-order valence-electron chi connectivity index (χ4n) is 2.53. The largest absolute Gasteiger partial charge is 0.497 e. The van der Waals surface area contributed by atoms with E-state index < -0.39 is 5.63 Å². The topological polar surface area (TPSA) is 92.1 Å². The van der Waals surface area contributed by atoms with E-state index in [1.165, 1.54) is 33.9 Å². The van der Waals surface area contributed by atoms with Crippen LogP contribution in [0.4, 0.5) is 0 Å². The number of ether oxygens (including phenoxy) is 1. The highest BCUT2D eigenvalue weighted by Crippen LogP contribution is 2.22. The maximum atomic E-state index is 12.5. The van der Waals surface area contributed by atoms with E-state index in [0.717, 1.165) is 0 Å². The predicted octanol–water partition coefficient (Wildman–Crippen LogP) is 1.65. The summed E-state index contributed by atoms with van der Waals surface area (Å²) in [5, 5.41) is 11.0. The van der Waals surface area contributed by atoms with E-state index in [0.29, 0.717) is 27.3 Å². The lowest BCUT2D eigenvalue weighted by Crippen LogP contribution is -2.24. The van der Waals surface area contributed by atoms with Gasteiger partial charge in [-0.15, -0.1) is 11.3 Å². The normalized spacial score (nSPS) is 11.1. The molecule has 9 heteroatoms. The van der Waals surface area contributed by atoms with Gasteiger partial charge in [-0.2, -0.15) is 9.36 Å². The third kappa shape index (κ3) is 2.74. The van der Waals surface area contributed by atoms with Gasteiger partial charge in [-0.25, -0.2) is 9.59 Å². The Hall–Kier alpha value is -3.20. The summed E-state index contributed by atoms with van der Waals surface area (Å²) in [7, 11) is 1.53. The van der Waals surface area contributed by atoms with E-state index in [1.807, 2.05) is 11.4 Å². The zero-order valence-corrected chi connectivity index (χ0v) is 13.9. The zero-order chi connectivity index (χ0) is 17.4. The first kappa shape index (κ1) is 15.3. The van der Waals surface area contributed by atoms with Gasteiger partial charge in [0.25, 0.3) is 0 Å². The molecular formula is C16H12N4O4S. The SMILES string of the molecule is COc1ccc2c(Cn3nnn(-c4cccs4)c3=O)cc(=O)oc2c1. The number of benzene rings is 1.